The van der Waals surface area contributed by atoms with Crippen molar-refractivity contribution >= 4 is 17.5 Å². The average molecular weight is 422 g/mol. The Morgan fingerprint density at radius 1 is 0.935 bits per heavy atom. The second-order valence-corrected chi connectivity index (χ2v) is 7.19. The molecule has 3 aromatic rings. The number of carbonyl (C=O) groups excluding carboxylic acids is 2. The van der Waals surface area contributed by atoms with Gasteiger partial charge in [0.2, 0.25) is 5.91 Å². The first kappa shape index (κ1) is 22.0. The third-order valence-electron chi connectivity index (χ3n) is 4.47. The number of anilines is 1. The molecule has 1 aromatic heterocycles. The average Bonchev–Trinajstić information content (AvgIpc) is 3.29. The van der Waals surface area contributed by atoms with Crippen LogP contribution in [0.15, 0.2) is 71.3 Å². The molecule has 0 bridgehead atoms. The molecule has 0 spiro atoms. The molecule has 0 aliphatic heterocycles. The van der Waals surface area contributed by atoms with Crippen LogP contribution in [-0.2, 0) is 4.79 Å². The van der Waals surface area contributed by atoms with Crippen molar-refractivity contribution in [2.45, 2.75) is 26.8 Å². The van der Waals surface area contributed by atoms with Crippen LogP contribution in [0.3, 0.4) is 0 Å². The van der Waals surface area contributed by atoms with E-state index in [1.54, 1.807) is 36.4 Å². The van der Waals surface area contributed by atoms with Gasteiger partial charge < -0.3 is 24.5 Å². The summed E-state index contributed by atoms with van der Waals surface area (Å²) in [6.45, 7) is 6.26. The summed E-state index contributed by atoms with van der Waals surface area (Å²) in [6.07, 6.45) is 1.41. The smallest absolute Gasteiger partial charge is 0.287 e. The second-order valence-electron chi connectivity index (χ2n) is 7.19. The standard InChI is InChI=1S/C24H26N2O5/c1-4-29-18-11-13-20(14-12-18)31-19-9-7-17(8-10-19)25-24(28)22(16(2)3)26-23(27)21-6-5-15-30-21/h5-16,22H,4H2,1-3H3,(H,25,28)(H,26,27). The second kappa shape index (κ2) is 10.3. The molecule has 31 heavy (non-hydrogen) atoms. The number of amides is 2. The van der Waals surface area contributed by atoms with E-state index in [4.69, 9.17) is 13.9 Å². The van der Waals surface area contributed by atoms with Crippen molar-refractivity contribution in [3.05, 3.63) is 72.7 Å². The van der Waals surface area contributed by atoms with Crippen LogP contribution in [0, 0.1) is 5.92 Å². The topological polar surface area (TPSA) is 89.8 Å². The molecular weight excluding hydrogens is 396 g/mol. The summed E-state index contributed by atoms with van der Waals surface area (Å²) in [5.41, 5.74) is 0.599. The van der Waals surface area contributed by atoms with Gasteiger partial charge in [-0.3, -0.25) is 9.59 Å². The Hall–Kier alpha value is -3.74. The monoisotopic (exact) mass is 422 g/mol. The molecule has 7 nitrogen and oxygen atoms in total. The Labute approximate surface area is 181 Å². The lowest BCUT2D eigenvalue weighted by molar-refractivity contribution is -0.118. The van der Waals surface area contributed by atoms with Crippen LogP contribution in [0.4, 0.5) is 5.69 Å². The van der Waals surface area contributed by atoms with Gasteiger partial charge in [-0.15, -0.1) is 0 Å². The van der Waals surface area contributed by atoms with Crippen LogP contribution in [0.2, 0.25) is 0 Å². The molecule has 2 aromatic carbocycles. The Morgan fingerprint density at radius 3 is 2.10 bits per heavy atom. The van der Waals surface area contributed by atoms with E-state index in [1.165, 1.54) is 6.26 Å². The summed E-state index contributed by atoms with van der Waals surface area (Å²) >= 11 is 0. The minimum absolute atomic E-state index is 0.110. The molecule has 1 heterocycles. The first-order valence-corrected chi connectivity index (χ1v) is 10.1. The number of carbonyl (C=O) groups is 2. The van der Waals surface area contributed by atoms with Gasteiger partial charge in [0.05, 0.1) is 12.9 Å². The number of ether oxygens (including phenoxy) is 2. The Balaban J connectivity index is 1.59. The van der Waals surface area contributed by atoms with Crippen LogP contribution in [-0.4, -0.2) is 24.5 Å². The van der Waals surface area contributed by atoms with Crippen LogP contribution in [0.25, 0.3) is 0 Å². The molecule has 0 radical (unpaired) electrons. The molecular formula is C24H26N2O5. The van der Waals surface area contributed by atoms with E-state index < -0.39 is 11.9 Å². The van der Waals surface area contributed by atoms with Gasteiger partial charge in [0, 0.05) is 5.69 Å². The zero-order chi connectivity index (χ0) is 22.2. The van der Waals surface area contributed by atoms with Crippen LogP contribution in [0.5, 0.6) is 17.2 Å². The van der Waals surface area contributed by atoms with E-state index in [2.05, 4.69) is 10.6 Å². The molecule has 7 heteroatoms. The van der Waals surface area contributed by atoms with Crippen molar-refractivity contribution in [3.63, 3.8) is 0 Å². The maximum Gasteiger partial charge on any atom is 0.287 e. The number of hydrogen-bond acceptors (Lipinski definition) is 5. The van der Waals surface area contributed by atoms with E-state index in [9.17, 15) is 9.59 Å². The SMILES string of the molecule is CCOc1ccc(Oc2ccc(NC(=O)C(NC(=O)c3ccco3)C(C)C)cc2)cc1. The number of benzene rings is 2. The fourth-order valence-electron chi connectivity index (χ4n) is 2.89. The third kappa shape index (κ3) is 6.12. The predicted molar refractivity (Wildman–Crippen MR) is 118 cm³/mol. The molecule has 0 fully saturated rings. The first-order chi connectivity index (χ1) is 15.0. The highest BCUT2D eigenvalue weighted by Crippen LogP contribution is 2.25. The summed E-state index contributed by atoms with van der Waals surface area (Å²) in [6, 6.07) is 16.8. The number of hydrogen-bond donors (Lipinski definition) is 2. The van der Waals surface area contributed by atoms with E-state index >= 15 is 0 Å². The molecule has 0 aliphatic carbocycles. The van der Waals surface area contributed by atoms with Crippen molar-refractivity contribution in [2.24, 2.45) is 5.92 Å². The van der Waals surface area contributed by atoms with Gasteiger partial charge in [-0.25, -0.2) is 0 Å². The summed E-state index contributed by atoms with van der Waals surface area (Å²) < 4.78 is 16.3. The Kier molecular flexibility index (Phi) is 7.32. The van der Waals surface area contributed by atoms with Crippen molar-refractivity contribution in [2.75, 3.05) is 11.9 Å². The van der Waals surface area contributed by atoms with Gasteiger partial charge in [-0.1, -0.05) is 13.8 Å². The van der Waals surface area contributed by atoms with Crippen molar-refractivity contribution in [1.29, 1.82) is 0 Å². The van der Waals surface area contributed by atoms with E-state index in [1.807, 2.05) is 45.0 Å². The predicted octanol–water partition coefficient (Wildman–Crippen LogP) is 4.86. The third-order valence-corrected chi connectivity index (χ3v) is 4.47. The van der Waals surface area contributed by atoms with Gasteiger partial charge >= 0.3 is 0 Å². The molecule has 0 saturated carbocycles. The van der Waals surface area contributed by atoms with Crippen molar-refractivity contribution in [3.8, 4) is 17.2 Å². The number of rotatable bonds is 9. The summed E-state index contributed by atoms with van der Waals surface area (Å²) in [5.74, 6) is 1.41. The summed E-state index contributed by atoms with van der Waals surface area (Å²) in [7, 11) is 0. The van der Waals surface area contributed by atoms with E-state index in [0.29, 0.717) is 23.8 Å². The van der Waals surface area contributed by atoms with Crippen LogP contribution < -0.4 is 20.1 Å². The van der Waals surface area contributed by atoms with Gasteiger partial charge in [0.15, 0.2) is 5.76 Å². The highest BCUT2D eigenvalue weighted by molar-refractivity contribution is 6.00. The maximum absolute atomic E-state index is 12.7. The normalized spacial score (nSPS) is 11.6. The van der Waals surface area contributed by atoms with Gasteiger partial charge in [0.25, 0.3) is 5.91 Å². The molecule has 0 aliphatic rings. The minimum atomic E-state index is -0.711. The van der Waals surface area contributed by atoms with Crippen molar-refractivity contribution in [1.82, 2.24) is 5.32 Å². The van der Waals surface area contributed by atoms with E-state index in [-0.39, 0.29) is 17.6 Å². The lowest BCUT2D eigenvalue weighted by Gasteiger charge is -2.21. The van der Waals surface area contributed by atoms with E-state index in [0.717, 1.165) is 5.75 Å². The molecule has 1 atom stereocenters. The van der Waals surface area contributed by atoms with Crippen molar-refractivity contribution < 1.29 is 23.5 Å². The fourth-order valence-corrected chi connectivity index (χ4v) is 2.89. The zero-order valence-electron chi connectivity index (χ0n) is 17.8. The molecule has 162 valence electrons. The quantitative estimate of drug-likeness (QED) is 0.514. The fraction of sp³-hybridized carbons (Fsp3) is 0.250. The van der Waals surface area contributed by atoms with Gasteiger partial charge in [-0.2, -0.15) is 0 Å². The van der Waals surface area contributed by atoms with Crippen LogP contribution in [0.1, 0.15) is 31.3 Å². The largest absolute Gasteiger partial charge is 0.494 e. The zero-order valence-corrected chi connectivity index (χ0v) is 17.8. The highest BCUT2D eigenvalue weighted by Gasteiger charge is 2.25. The minimum Gasteiger partial charge on any atom is -0.494 e. The maximum atomic E-state index is 12.7. The molecule has 2 N–H and O–H groups in total. The molecule has 0 saturated heterocycles. The number of nitrogens with one attached hydrogen (secondary N) is 2. The lowest BCUT2D eigenvalue weighted by Crippen LogP contribution is -2.47. The number of furan rings is 1. The summed E-state index contributed by atoms with van der Waals surface area (Å²) in [4.78, 5) is 25.0. The molecule has 2 amide bonds. The molecule has 3 rings (SSSR count). The van der Waals surface area contributed by atoms with Crippen LogP contribution >= 0.6 is 0 Å². The van der Waals surface area contributed by atoms with Gasteiger partial charge in [-0.05, 0) is 73.5 Å². The summed E-state index contributed by atoms with van der Waals surface area (Å²) in [5, 5.41) is 5.55. The Bertz CT molecular complexity index is 980. The molecule has 1 unspecified atom stereocenters. The highest BCUT2D eigenvalue weighted by atomic mass is 16.5. The first-order valence-electron chi connectivity index (χ1n) is 10.1. The Morgan fingerprint density at radius 2 is 1.55 bits per heavy atom. The van der Waals surface area contributed by atoms with Gasteiger partial charge in [0.1, 0.15) is 23.3 Å². The lowest BCUT2D eigenvalue weighted by atomic mass is 10.0.